The van der Waals surface area contributed by atoms with E-state index in [4.69, 9.17) is 28.4 Å². The maximum absolute atomic E-state index is 14.3. The topological polar surface area (TPSA) is 295 Å². The normalized spacial score (nSPS) is 12.0. The predicted molar refractivity (Wildman–Crippen MR) is 407 cm³/mol. The first kappa shape index (κ1) is 84.0. The molecule has 0 heterocycles. The second-order valence-electron chi connectivity index (χ2n) is 27.4. The molecule has 0 aromatic heterocycles. The molecule has 23 heteroatoms. The Hall–Kier alpha value is -8.63. The van der Waals surface area contributed by atoms with Gasteiger partial charge in [0.1, 0.15) is 34.6 Å². The van der Waals surface area contributed by atoms with Gasteiger partial charge in [-0.3, -0.25) is 4.79 Å². The summed E-state index contributed by atoms with van der Waals surface area (Å²) in [5.74, 6) is 0.909. The molecule has 1 aliphatic carbocycles. The molecule has 1 aliphatic rings. The molecule has 0 aliphatic heterocycles. The van der Waals surface area contributed by atoms with Crippen LogP contribution in [0, 0.1) is 0 Å². The van der Waals surface area contributed by atoms with Gasteiger partial charge in [-0.15, -0.1) is 0 Å². The van der Waals surface area contributed by atoms with Gasteiger partial charge in [0.2, 0.25) is 0 Å². The minimum Gasteiger partial charge on any atom is -0.493 e. The molecule has 1 atom stereocenters. The fourth-order valence-corrected chi connectivity index (χ4v) is 12.0. The van der Waals surface area contributed by atoms with E-state index in [0.717, 1.165) is 103 Å². The van der Waals surface area contributed by atoms with Crippen LogP contribution in [0.4, 0.5) is 46.7 Å². The molecule has 8 bridgehead atoms. The van der Waals surface area contributed by atoms with E-state index in [2.05, 4.69) is 80.9 Å². The highest BCUT2D eigenvalue weighted by molar-refractivity contribution is 5.92. The van der Waals surface area contributed by atoms with Crippen molar-refractivity contribution in [3.05, 3.63) is 93.0 Å². The zero-order valence-electron chi connectivity index (χ0n) is 63.3. The Morgan fingerprint density at radius 2 is 0.657 bits per heavy atom. The molecule has 10 amide bonds. The highest BCUT2D eigenvalue weighted by Gasteiger charge is 2.28. The van der Waals surface area contributed by atoms with Gasteiger partial charge in [0, 0.05) is 126 Å². The lowest BCUT2D eigenvalue weighted by molar-refractivity contribution is -0.143. The zero-order chi connectivity index (χ0) is 74.1. The molecule has 0 spiro atoms. The molecule has 0 saturated heterocycles. The van der Waals surface area contributed by atoms with Crippen LogP contribution in [0.2, 0.25) is 0 Å². The summed E-state index contributed by atoms with van der Waals surface area (Å²) in [4.78, 5) is 96.0. The first-order chi connectivity index (χ1) is 49.2. The van der Waals surface area contributed by atoms with Crippen LogP contribution in [0.5, 0.6) is 23.0 Å². The van der Waals surface area contributed by atoms with Crippen molar-refractivity contribution >= 4 is 64.8 Å². The van der Waals surface area contributed by atoms with Crippen LogP contribution in [-0.2, 0) is 44.7 Å². The number of nitrogens with one attached hydrogen (secondary N) is 10. The minimum absolute atomic E-state index is 0.0753. The summed E-state index contributed by atoms with van der Waals surface area (Å²) >= 11 is 0. The monoisotopic (exact) mass is 1420 g/mol. The van der Waals surface area contributed by atoms with Crippen LogP contribution in [0.15, 0.2) is 48.5 Å². The predicted octanol–water partition coefficient (Wildman–Crippen LogP) is 16.3. The number of unbranched alkanes of at least 4 members (excludes halogenated alkanes) is 13. The summed E-state index contributed by atoms with van der Waals surface area (Å²) in [6.45, 7) is 22.5. The Labute approximate surface area is 607 Å². The van der Waals surface area contributed by atoms with Gasteiger partial charge in [-0.05, 0) is 134 Å². The highest BCUT2D eigenvalue weighted by atomic mass is 16.6. The number of esters is 1. The molecule has 10 N–H and O–H groups in total. The molecule has 23 nitrogen and oxygen atoms in total. The summed E-state index contributed by atoms with van der Waals surface area (Å²) in [7, 11) is 1.25. The van der Waals surface area contributed by atoms with E-state index >= 15 is 0 Å². The van der Waals surface area contributed by atoms with E-state index in [1.165, 1.54) is 7.11 Å². The average molecular weight is 1420 g/mol. The summed E-state index contributed by atoms with van der Waals surface area (Å²) in [6, 6.07) is 12.6. The number of urea groups is 4. The van der Waals surface area contributed by atoms with Gasteiger partial charge < -0.3 is 81.6 Å². The molecule has 0 radical (unpaired) electrons. The molecule has 0 fully saturated rings. The van der Waals surface area contributed by atoms with Crippen LogP contribution in [0.25, 0.3) is 0 Å². The Kier molecular flexibility index (Phi) is 38.6. The van der Waals surface area contributed by atoms with Gasteiger partial charge in [0.25, 0.3) is 5.91 Å². The van der Waals surface area contributed by atoms with Gasteiger partial charge in [-0.1, -0.05) is 126 Å². The quantitative estimate of drug-likeness (QED) is 0.0128. The van der Waals surface area contributed by atoms with Crippen LogP contribution in [0.3, 0.4) is 0 Å². The van der Waals surface area contributed by atoms with Crippen LogP contribution < -0.4 is 72.1 Å². The Balaban J connectivity index is 1.83. The highest BCUT2D eigenvalue weighted by Crippen LogP contribution is 2.43. The Morgan fingerprint density at radius 3 is 0.931 bits per heavy atom. The third-order valence-corrected chi connectivity index (χ3v) is 16.9. The lowest BCUT2D eigenvalue weighted by Crippen LogP contribution is -2.44. The number of alkyl carbamates (subject to hydrolysis) is 1. The second kappa shape index (κ2) is 46.8. The number of rotatable bonds is 43. The zero-order valence-corrected chi connectivity index (χ0v) is 63.3. The molecule has 102 heavy (non-hydrogen) atoms. The summed E-state index contributed by atoms with van der Waals surface area (Å²) in [5, 5.41) is 30.4. The maximum Gasteiger partial charge on any atom is 0.408 e. The minimum atomic E-state index is -0.976. The fourth-order valence-electron chi connectivity index (χ4n) is 12.0. The van der Waals surface area contributed by atoms with Crippen molar-refractivity contribution in [2.75, 3.05) is 87.5 Å². The van der Waals surface area contributed by atoms with Crippen molar-refractivity contribution in [2.45, 2.75) is 248 Å². The average Bonchev–Trinajstić information content (AvgIpc) is 0.767. The smallest absolute Gasteiger partial charge is 0.408 e. The molecule has 4 aromatic carbocycles. The van der Waals surface area contributed by atoms with Gasteiger partial charge in [-0.25, -0.2) is 28.8 Å². The number of fused-ring (bicyclic) bond motifs is 8. The SMILES string of the molecule is CCCCCCNC(=O)Nc1cc2c(OCCC)c(c1)Cc1cc(NC(=O)NCCCCCC)cc(c1OCCC)Cc1cc(NC(=O)NCCCCCC)cc(c1OCC(=O)NCCCC[C@H](NC(=O)OC(C)(C)C)C(=O)OC)Cc1cc(NC(=O)NCCCCCC)cc(c1OCCC)C2. The standard InChI is InChI=1S/C79H122N10O13/c1-12-19-23-28-35-81-74(92)85-63-46-55-42-57-48-64(86-75(93)82-36-29-24-20-13-2)50-59(70(57)99-40-17-6)44-61-52-66(88-77(95)84-38-31-26-22-15-4)53-62(72(61)101-54-68(90)80-34-32-27-33-67(73(91)97-11)89-78(96)102-79(8,9)10)45-60-51-65(87-76(94)83-37-30-25-21-14-3)49-58(71(60)100-41-18-7)43-56(47-63)69(55)98-39-16-5/h46-53,67H,12-45,54H2,1-11H3,(H,80,90)(H,89,96)(H2,81,85,92)(H2,82,86,93)(H2,83,87,94)(H2,84,88,95)/t67-/m0/s1. The number of carbonyl (C=O) groups is 7. The fraction of sp³-hybridized carbons (Fsp3) is 0.608. The molecular weight excluding hydrogens is 1300 g/mol. The van der Waals surface area contributed by atoms with E-state index < -0.39 is 42.3 Å². The van der Waals surface area contributed by atoms with E-state index in [0.29, 0.717) is 168 Å². The number of anilines is 4. The second-order valence-corrected chi connectivity index (χ2v) is 27.4. The first-order valence-corrected chi connectivity index (χ1v) is 37.9. The molecular formula is C79H122N10O13. The van der Waals surface area contributed by atoms with Gasteiger partial charge in [-0.2, -0.15) is 0 Å². The van der Waals surface area contributed by atoms with E-state index in [9.17, 15) is 33.6 Å². The van der Waals surface area contributed by atoms with Gasteiger partial charge in [0.15, 0.2) is 6.61 Å². The van der Waals surface area contributed by atoms with Crippen molar-refractivity contribution < 1.29 is 62.0 Å². The van der Waals surface area contributed by atoms with Crippen LogP contribution in [0.1, 0.15) is 255 Å². The Morgan fingerprint density at radius 1 is 0.373 bits per heavy atom. The molecule has 4 aromatic rings. The molecule has 566 valence electrons. The van der Waals surface area contributed by atoms with Crippen molar-refractivity contribution in [2.24, 2.45) is 0 Å². The molecule has 5 rings (SSSR count). The summed E-state index contributed by atoms with van der Waals surface area (Å²) in [6.07, 6.45) is 18.4. The summed E-state index contributed by atoms with van der Waals surface area (Å²) < 4.78 is 38.1. The van der Waals surface area contributed by atoms with Gasteiger partial charge >= 0.3 is 36.2 Å². The Bertz CT molecular complexity index is 3140. The van der Waals surface area contributed by atoms with Crippen molar-refractivity contribution in [1.29, 1.82) is 0 Å². The van der Waals surface area contributed by atoms with Gasteiger partial charge in [0.05, 0.1) is 26.9 Å². The largest absolute Gasteiger partial charge is 0.493 e. The molecule has 0 saturated carbocycles. The van der Waals surface area contributed by atoms with Crippen LogP contribution in [-0.4, -0.2) is 120 Å². The van der Waals surface area contributed by atoms with Crippen LogP contribution >= 0.6 is 0 Å². The third kappa shape index (κ3) is 30.9. The lowest BCUT2D eigenvalue weighted by atomic mass is 9.90. The van der Waals surface area contributed by atoms with E-state index in [1.54, 1.807) is 20.8 Å². The maximum atomic E-state index is 14.3. The number of hydrogen-bond acceptors (Lipinski definition) is 13. The number of methoxy groups -OCH3 is 1. The number of benzene rings is 4. The number of hydrogen-bond donors (Lipinski definition) is 10. The number of ether oxygens (including phenoxy) is 6. The third-order valence-electron chi connectivity index (χ3n) is 16.9. The first-order valence-electron chi connectivity index (χ1n) is 37.9. The van der Waals surface area contributed by atoms with E-state index in [1.807, 2.05) is 69.3 Å². The number of amides is 10. The van der Waals surface area contributed by atoms with E-state index in [-0.39, 0.29) is 56.7 Å². The van der Waals surface area contributed by atoms with Crippen molar-refractivity contribution in [3.63, 3.8) is 0 Å². The number of carbonyl (C=O) groups excluding carboxylic acids is 7. The molecule has 0 unspecified atom stereocenters. The van der Waals surface area contributed by atoms with Crippen molar-refractivity contribution in [1.82, 2.24) is 31.9 Å². The lowest BCUT2D eigenvalue weighted by Gasteiger charge is -2.25. The summed E-state index contributed by atoms with van der Waals surface area (Å²) in [5.41, 5.74) is 6.30. The van der Waals surface area contributed by atoms with Crippen molar-refractivity contribution in [3.8, 4) is 23.0 Å².